The number of sulfonamides is 1. The van der Waals surface area contributed by atoms with E-state index in [0.717, 1.165) is 6.26 Å². The van der Waals surface area contributed by atoms with E-state index in [1.807, 2.05) is 6.26 Å². The van der Waals surface area contributed by atoms with Crippen molar-refractivity contribution in [2.24, 2.45) is 0 Å². The van der Waals surface area contributed by atoms with Crippen LogP contribution in [-0.4, -0.2) is 48.2 Å². The average Bonchev–Trinajstić information content (AvgIpc) is 2.36. The first-order chi connectivity index (χ1) is 9.61. The Balaban J connectivity index is 3.32. The molecular formula is C12H20N2O4S3. The SMILES string of the molecule is CNc1ccc(S(C)(=O)=O)cc1S(=O)(=O)NC(C)CSC. The minimum Gasteiger partial charge on any atom is -0.387 e. The Morgan fingerprint density at radius 3 is 2.33 bits per heavy atom. The van der Waals surface area contributed by atoms with Crippen molar-refractivity contribution in [3.05, 3.63) is 18.2 Å². The van der Waals surface area contributed by atoms with Gasteiger partial charge in [0.15, 0.2) is 9.84 Å². The zero-order valence-corrected chi connectivity index (χ0v) is 14.8. The maximum absolute atomic E-state index is 12.4. The molecule has 1 aromatic carbocycles. The molecule has 0 heterocycles. The molecule has 0 aliphatic heterocycles. The van der Waals surface area contributed by atoms with Gasteiger partial charge in [-0.1, -0.05) is 0 Å². The predicted octanol–water partition coefficient (Wildman–Crippen LogP) is 1.16. The van der Waals surface area contributed by atoms with Gasteiger partial charge in [0.1, 0.15) is 4.90 Å². The third-order valence-electron chi connectivity index (χ3n) is 2.71. The van der Waals surface area contributed by atoms with Crippen LogP contribution in [0.4, 0.5) is 5.69 Å². The lowest BCUT2D eigenvalue weighted by Gasteiger charge is -2.16. The molecule has 0 saturated heterocycles. The van der Waals surface area contributed by atoms with Gasteiger partial charge in [0.05, 0.1) is 10.6 Å². The number of hydrogen-bond donors (Lipinski definition) is 2. The van der Waals surface area contributed by atoms with Gasteiger partial charge in [0, 0.05) is 25.1 Å². The van der Waals surface area contributed by atoms with Crippen molar-refractivity contribution in [1.29, 1.82) is 0 Å². The fraction of sp³-hybridized carbons (Fsp3) is 0.500. The van der Waals surface area contributed by atoms with Gasteiger partial charge < -0.3 is 5.32 Å². The van der Waals surface area contributed by atoms with Crippen LogP contribution in [0.1, 0.15) is 6.92 Å². The summed E-state index contributed by atoms with van der Waals surface area (Å²) in [4.78, 5) is -0.0970. The molecule has 9 heteroatoms. The molecular weight excluding hydrogens is 332 g/mol. The van der Waals surface area contributed by atoms with E-state index < -0.39 is 19.9 Å². The maximum Gasteiger partial charge on any atom is 0.242 e. The van der Waals surface area contributed by atoms with Crippen LogP contribution in [-0.2, 0) is 19.9 Å². The third-order valence-corrected chi connectivity index (χ3v) is 6.29. The first-order valence-corrected chi connectivity index (χ1v) is 10.9. The van der Waals surface area contributed by atoms with Crippen molar-refractivity contribution in [3.8, 4) is 0 Å². The monoisotopic (exact) mass is 352 g/mol. The third kappa shape index (κ3) is 4.87. The Kier molecular flexibility index (Phi) is 6.09. The van der Waals surface area contributed by atoms with Gasteiger partial charge in [0.25, 0.3) is 0 Å². The quantitative estimate of drug-likeness (QED) is 0.765. The summed E-state index contributed by atoms with van der Waals surface area (Å²) >= 11 is 1.52. The van der Waals surface area contributed by atoms with Crippen LogP contribution < -0.4 is 10.0 Å². The van der Waals surface area contributed by atoms with Gasteiger partial charge in [-0.25, -0.2) is 21.6 Å². The second-order valence-corrected chi connectivity index (χ2v) is 9.27. The van der Waals surface area contributed by atoms with Crippen LogP contribution in [0.25, 0.3) is 0 Å². The highest BCUT2D eigenvalue weighted by atomic mass is 32.2. The molecule has 6 nitrogen and oxygen atoms in total. The van der Waals surface area contributed by atoms with Crippen molar-refractivity contribution in [3.63, 3.8) is 0 Å². The van der Waals surface area contributed by atoms with Gasteiger partial charge >= 0.3 is 0 Å². The molecule has 120 valence electrons. The van der Waals surface area contributed by atoms with Crippen LogP contribution in [0.3, 0.4) is 0 Å². The van der Waals surface area contributed by atoms with Crippen LogP contribution >= 0.6 is 11.8 Å². The highest BCUT2D eigenvalue weighted by Gasteiger charge is 2.22. The number of anilines is 1. The smallest absolute Gasteiger partial charge is 0.242 e. The van der Waals surface area contributed by atoms with Crippen molar-refractivity contribution in [2.45, 2.75) is 22.8 Å². The Morgan fingerprint density at radius 2 is 1.86 bits per heavy atom. The molecule has 1 aromatic rings. The number of thioether (sulfide) groups is 1. The molecule has 0 spiro atoms. The Hall–Kier alpha value is -0.770. The number of benzene rings is 1. The van der Waals surface area contributed by atoms with Crippen LogP contribution in [0, 0.1) is 0 Å². The fourth-order valence-electron chi connectivity index (χ4n) is 1.77. The molecule has 1 unspecified atom stereocenters. The van der Waals surface area contributed by atoms with Gasteiger partial charge in [-0.3, -0.25) is 0 Å². The molecule has 1 atom stereocenters. The molecule has 0 fully saturated rings. The van der Waals surface area contributed by atoms with E-state index in [9.17, 15) is 16.8 Å². The van der Waals surface area contributed by atoms with E-state index in [2.05, 4.69) is 10.0 Å². The van der Waals surface area contributed by atoms with Gasteiger partial charge in [-0.15, -0.1) is 0 Å². The minimum atomic E-state index is -3.80. The average molecular weight is 353 g/mol. The molecule has 0 saturated carbocycles. The van der Waals surface area contributed by atoms with E-state index >= 15 is 0 Å². The van der Waals surface area contributed by atoms with Crippen LogP contribution in [0.15, 0.2) is 28.0 Å². The summed E-state index contributed by atoms with van der Waals surface area (Å²) in [6.45, 7) is 1.76. The van der Waals surface area contributed by atoms with E-state index in [-0.39, 0.29) is 15.8 Å². The molecule has 0 bridgehead atoms. The van der Waals surface area contributed by atoms with Gasteiger partial charge in [0.2, 0.25) is 10.0 Å². The highest BCUT2D eigenvalue weighted by Crippen LogP contribution is 2.25. The van der Waals surface area contributed by atoms with E-state index in [1.165, 1.54) is 30.0 Å². The van der Waals surface area contributed by atoms with Crippen LogP contribution in [0.2, 0.25) is 0 Å². The molecule has 0 amide bonds. The summed E-state index contributed by atoms with van der Waals surface area (Å²) < 4.78 is 50.6. The Morgan fingerprint density at radius 1 is 1.24 bits per heavy atom. The fourth-order valence-corrected chi connectivity index (χ4v) is 4.67. The Bertz CT molecular complexity index is 699. The lowest BCUT2D eigenvalue weighted by Crippen LogP contribution is -2.34. The normalized spacial score (nSPS) is 13.9. The van der Waals surface area contributed by atoms with Gasteiger partial charge in [-0.2, -0.15) is 11.8 Å². The largest absolute Gasteiger partial charge is 0.387 e. The van der Waals surface area contributed by atoms with E-state index in [4.69, 9.17) is 0 Å². The van der Waals surface area contributed by atoms with E-state index in [0.29, 0.717) is 11.4 Å². The number of rotatable bonds is 7. The second kappa shape index (κ2) is 6.99. The first kappa shape index (κ1) is 18.3. The zero-order valence-electron chi connectivity index (χ0n) is 12.4. The first-order valence-electron chi connectivity index (χ1n) is 6.15. The number of nitrogens with one attached hydrogen (secondary N) is 2. The van der Waals surface area contributed by atoms with Crippen molar-refractivity contribution in [1.82, 2.24) is 4.72 Å². The maximum atomic E-state index is 12.4. The molecule has 21 heavy (non-hydrogen) atoms. The summed E-state index contributed by atoms with van der Waals surface area (Å²) in [6, 6.07) is 3.75. The second-order valence-electron chi connectivity index (χ2n) is 4.66. The molecule has 2 N–H and O–H groups in total. The standard InChI is InChI=1S/C12H20N2O4S3/c1-9(8-19-3)14-21(17,18)12-7-10(20(4,15)16)5-6-11(12)13-2/h5-7,9,13-14H,8H2,1-4H3. The lowest BCUT2D eigenvalue weighted by molar-refractivity contribution is 0.571. The lowest BCUT2D eigenvalue weighted by atomic mass is 10.3. The number of sulfone groups is 1. The summed E-state index contributed by atoms with van der Waals surface area (Å²) in [5, 5.41) is 2.77. The molecule has 0 aliphatic rings. The molecule has 1 rings (SSSR count). The molecule has 0 aromatic heterocycles. The topological polar surface area (TPSA) is 92.3 Å². The number of hydrogen-bond acceptors (Lipinski definition) is 6. The summed E-state index contributed by atoms with van der Waals surface area (Å²) in [5.74, 6) is 0.625. The van der Waals surface area contributed by atoms with E-state index in [1.54, 1.807) is 14.0 Å². The zero-order chi connectivity index (χ0) is 16.3. The summed E-state index contributed by atoms with van der Waals surface area (Å²) in [5.41, 5.74) is 0.353. The predicted molar refractivity (Wildman–Crippen MR) is 87.3 cm³/mol. The van der Waals surface area contributed by atoms with Crippen molar-refractivity contribution < 1.29 is 16.8 Å². The van der Waals surface area contributed by atoms with Gasteiger partial charge in [-0.05, 0) is 31.4 Å². The van der Waals surface area contributed by atoms with Crippen LogP contribution in [0.5, 0.6) is 0 Å². The molecule has 0 radical (unpaired) electrons. The van der Waals surface area contributed by atoms with Crippen molar-refractivity contribution in [2.75, 3.05) is 30.6 Å². The minimum absolute atomic E-state index is 0.0283. The Labute approximate surface area is 130 Å². The van der Waals surface area contributed by atoms with Crippen molar-refractivity contribution >= 4 is 37.3 Å². The highest BCUT2D eigenvalue weighted by molar-refractivity contribution is 7.98. The molecule has 0 aliphatic carbocycles. The summed E-state index contributed by atoms with van der Waals surface area (Å²) in [6.07, 6.45) is 2.93. The summed E-state index contributed by atoms with van der Waals surface area (Å²) in [7, 11) is -5.69.